The van der Waals surface area contributed by atoms with E-state index < -0.39 is 6.04 Å². The van der Waals surface area contributed by atoms with Crippen LogP contribution in [0.5, 0.6) is 5.75 Å². The Morgan fingerprint density at radius 2 is 1.86 bits per heavy atom. The molecule has 0 bridgehead atoms. The van der Waals surface area contributed by atoms with E-state index in [1.807, 2.05) is 30.3 Å². The highest BCUT2D eigenvalue weighted by Crippen LogP contribution is 2.30. The molecule has 29 heavy (non-hydrogen) atoms. The van der Waals surface area contributed by atoms with Gasteiger partial charge in [-0.3, -0.25) is 14.4 Å². The van der Waals surface area contributed by atoms with Crippen molar-refractivity contribution in [3.8, 4) is 16.9 Å². The summed E-state index contributed by atoms with van der Waals surface area (Å²) in [6.07, 6.45) is 0. The van der Waals surface area contributed by atoms with Crippen LogP contribution in [0.25, 0.3) is 11.1 Å². The molecule has 2 aromatic rings. The van der Waals surface area contributed by atoms with Gasteiger partial charge in [0.25, 0.3) is 11.8 Å². The van der Waals surface area contributed by atoms with Crippen molar-refractivity contribution < 1.29 is 24.9 Å². The molecule has 0 unspecified atom stereocenters. The van der Waals surface area contributed by atoms with Crippen LogP contribution in [-0.2, 0) is 9.59 Å². The van der Waals surface area contributed by atoms with Crippen molar-refractivity contribution in [2.24, 2.45) is 0 Å². The summed E-state index contributed by atoms with van der Waals surface area (Å²) >= 11 is 0. The van der Waals surface area contributed by atoms with Crippen molar-refractivity contribution in [3.63, 3.8) is 0 Å². The van der Waals surface area contributed by atoms with Gasteiger partial charge in [0.05, 0.1) is 24.9 Å². The molecule has 0 spiro atoms. The summed E-state index contributed by atoms with van der Waals surface area (Å²) in [7, 11) is 1.61. The van der Waals surface area contributed by atoms with E-state index in [2.05, 4.69) is 11.1 Å². The van der Waals surface area contributed by atoms with Gasteiger partial charge in [0, 0.05) is 13.1 Å². The highest BCUT2D eigenvalue weighted by molar-refractivity contribution is 6.10. The number of anilines is 1. The molecule has 1 atom stereocenters. The Morgan fingerprint density at radius 1 is 1.14 bits per heavy atom. The Labute approximate surface area is 168 Å². The van der Waals surface area contributed by atoms with Crippen molar-refractivity contribution in [2.45, 2.75) is 6.04 Å². The second-order valence-corrected chi connectivity index (χ2v) is 7.08. The molecule has 0 aliphatic carbocycles. The average Bonchev–Trinajstić information content (AvgIpc) is 2.87. The van der Waals surface area contributed by atoms with Crippen LogP contribution in [0.2, 0.25) is 0 Å². The van der Waals surface area contributed by atoms with Crippen molar-refractivity contribution >= 4 is 23.4 Å². The van der Waals surface area contributed by atoms with Gasteiger partial charge < -0.3 is 25.6 Å². The standard InChI is InChI=1S/C21H22N4O4/c1-29-15-5-2-13(3-6-15)14-4-7-17-16(10-14)21(28)25-9-8-24(19(26)11-22)12-18(25)20(27)23-17/h2-7,10,18H,8-9,11-12,22H2,1H3,(H,23,27)/p+1/t18-/m0/s1. The normalized spacial score (nSPS) is 18.5. The maximum Gasteiger partial charge on any atom is 0.277 e. The van der Waals surface area contributed by atoms with E-state index in [9.17, 15) is 14.4 Å². The number of piperazine rings is 1. The molecule has 0 radical (unpaired) electrons. The van der Waals surface area contributed by atoms with Gasteiger partial charge in [-0.15, -0.1) is 0 Å². The summed E-state index contributed by atoms with van der Waals surface area (Å²) in [6, 6.07) is 12.3. The minimum Gasteiger partial charge on any atom is -0.497 e. The summed E-state index contributed by atoms with van der Waals surface area (Å²) < 4.78 is 5.19. The predicted octanol–water partition coefficient (Wildman–Crippen LogP) is 0.209. The van der Waals surface area contributed by atoms with Crippen LogP contribution >= 0.6 is 0 Å². The van der Waals surface area contributed by atoms with Crippen molar-refractivity contribution in [1.29, 1.82) is 0 Å². The van der Waals surface area contributed by atoms with Crippen molar-refractivity contribution in [2.75, 3.05) is 38.6 Å². The van der Waals surface area contributed by atoms with Gasteiger partial charge in [0.15, 0.2) is 6.54 Å². The van der Waals surface area contributed by atoms with Crippen LogP contribution in [0.1, 0.15) is 10.4 Å². The highest BCUT2D eigenvalue weighted by atomic mass is 16.5. The molecule has 4 N–H and O–H groups in total. The topological polar surface area (TPSA) is 107 Å². The fourth-order valence-electron chi connectivity index (χ4n) is 3.80. The lowest BCUT2D eigenvalue weighted by molar-refractivity contribution is -0.357. The molecule has 150 valence electrons. The summed E-state index contributed by atoms with van der Waals surface area (Å²) in [5, 5.41) is 2.85. The molecule has 1 saturated heterocycles. The maximum absolute atomic E-state index is 13.2. The zero-order valence-electron chi connectivity index (χ0n) is 16.2. The van der Waals surface area contributed by atoms with Gasteiger partial charge in [-0.25, -0.2) is 0 Å². The number of ether oxygens (including phenoxy) is 1. The monoisotopic (exact) mass is 395 g/mol. The van der Waals surface area contributed by atoms with Gasteiger partial charge in [0.2, 0.25) is 5.91 Å². The number of methoxy groups -OCH3 is 1. The predicted molar refractivity (Wildman–Crippen MR) is 106 cm³/mol. The summed E-state index contributed by atoms with van der Waals surface area (Å²) in [5.74, 6) is 0.147. The fourth-order valence-corrected chi connectivity index (χ4v) is 3.80. The van der Waals surface area contributed by atoms with Gasteiger partial charge in [-0.05, 0) is 35.4 Å². The largest absolute Gasteiger partial charge is 0.497 e. The molecule has 0 aromatic heterocycles. The minimum absolute atomic E-state index is 0.117. The van der Waals surface area contributed by atoms with Gasteiger partial charge in [-0.1, -0.05) is 18.2 Å². The summed E-state index contributed by atoms with van der Waals surface area (Å²) in [4.78, 5) is 41.2. The van der Waals surface area contributed by atoms with Crippen LogP contribution in [-0.4, -0.2) is 66.9 Å². The van der Waals surface area contributed by atoms with E-state index >= 15 is 0 Å². The molecule has 1 fully saturated rings. The zero-order valence-corrected chi connectivity index (χ0v) is 16.2. The minimum atomic E-state index is -0.705. The number of nitrogens with one attached hydrogen (secondary N) is 1. The molecule has 2 aromatic carbocycles. The van der Waals surface area contributed by atoms with Crippen LogP contribution < -0.4 is 15.8 Å². The van der Waals surface area contributed by atoms with Gasteiger partial charge >= 0.3 is 0 Å². The average molecular weight is 395 g/mol. The van der Waals surface area contributed by atoms with E-state index in [4.69, 9.17) is 4.74 Å². The Morgan fingerprint density at radius 3 is 2.55 bits per heavy atom. The number of nitrogens with zero attached hydrogens (tertiary/aromatic N) is 2. The quantitative estimate of drug-likeness (QED) is 0.775. The summed E-state index contributed by atoms with van der Waals surface area (Å²) in [5.41, 5.74) is 6.37. The Hall–Kier alpha value is -3.39. The van der Waals surface area contributed by atoms with E-state index in [1.54, 1.807) is 29.0 Å². The number of quaternary nitrogens is 1. The third-order valence-electron chi connectivity index (χ3n) is 5.44. The van der Waals surface area contributed by atoms with Crippen LogP contribution in [0, 0.1) is 0 Å². The number of benzene rings is 2. The highest BCUT2D eigenvalue weighted by Gasteiger charge is 2.40. The number of hydrogen-bond donors (Lipinski definition) is 2. The van der Waals surface area contributed by atoms with E-state index in [-0.39, 0.29) is 30.8 Å². The fraction of sp³-hybridized carbons (Fsp3) is 0.286. The molecule has 2 aliphatic rings. The third-order valence-corrected chi connectivity index (χ3v) is 5.44. The first-order valence-corrected chi connectivity index (χ1v) is 9.49. The second-order valence-electron chi connectivity index (χ2n) is 7.08. The van der Waals surface area contributed by atoms with Crippen LogP contribution in [0.3, 0.4) is 0 Å². The van der Waals surface area contributed by atoms with Gasteiger partial charge in [0.1, 0.15) is 11.8 Å². The molecule has 3 amide bonds. The summed E-state index contributed by atoms with van der Waals surface area (Å²) in [6.45, 7) is 1.03. The first-order chi connectivity index (χ1) is 14.0. The molecular weight excluding hydrogens is 372 g/mol. The first-order valence-electron chi connectivity index (χ1n) is 9.49. The lowest BCUT2D eigenvalue weighted by Crippen LogP contribution is -2.64. The lowest BCUT2D eigenvalue weighted by Gasteiger charge is -2.38. The number of carbonyl (C=O) groups is 3. The molecule has 4 rings (SSSR count). The first kappa shape index (κ1) is 18.9. The van der Waals surface area contributed by atoms with Crippen LogP contribution in [0.4, 0.5) is 5.69 Å². The molecule has 0 saturated carbocycles. The zero-order chi connectivity index (χ0) is 20.5. The van der Waals surface area contributed by atoms with Crippen LogP contribution in [0.15, 0.2) is 42.5 Å². The van der Waals surface area contributed by atoms with Crippen molar-refractivity contribution in [3.05, 3.63) is 48.0 Å². The van der Waals surface area contributed by atoms with E-state index in [1.165, 1.54) is 0 Å². The molecule has 8 nitrogen and oxygen atoms in total. The van der Waals surface area contributed by atoms with E-state index in [0.29, 0.717) is 24.3 Å². The number of carbonyl (C=O) groups excluding carboxylic acids is 3. The Balaban J connectivity index is 1.66. The second kappa shape index (κ2) is 7.56. The number of fused-ring (bicyclic) bond motifs is 2. The third kappa shape index (κ3) is 3.42. The molecule has 2 aliphatic heterocycles. The number of amides is 3. The van der Waals surface area contributed by atoms with Crippen molar-refractivity contribution in [1.82, 2.24) is 9.80 Å². The smallest absolute Gasteiger partial charge is 0.277 e. The van der Waals surface area contributed by atoms with E-state index in [0.717, 1.165) is 16.9 Å². The Kier molecular flexibility index (Phi) is 4.94. The maximum atomic E-state index is 13.2. The molecule has 8 heteroatoms. The van der Waals surface area contributed by atoms with Gasteiger partial charge in [-0.2, -0.15) is 0 Å². The lowest BCUT2D eigenvalue weighted by atomic mass is 10.0. The SMILES string of the molecule is COc1ccc(-c2ccc3c(c2)C(=O)N2CCN(C(=O)C[NH3+])C[C@H]2C(=O)N3)cc1. The molecular formula is C21H23N4O4+. The Bertz CT molecular complexity index is 973. The molecule has 2 heterocycles. The number of rotatable bonds is 3. The number of hydrogen-bond acceptors (Lipinski definition) is 4.